The second-order valence-electron chi connectivity index (χ2n) is 23.7. The van der Waals surface area contributed by atoms with E-state index < -0.39 is 35.3 Å². The molecule has 4 aromatic carbocycles. The monoisotopic (exact) mass is 1520 g/mol. The first-order valence-corrected chi connectivity index (χ1v) is 36.2. The summed E-state index contributed by atoms with van der Waals surface area (Å²) < 4.78 is 91.7. The SMILES string of the molecule is C.CSc1ncc(Cc2cc(Cl)c(C)cc2C(C)C)c(Cl)n1.CSc1ncc(Cc2cc(Cl)c(C)cc2C(C)C)c(N)n1.Cc1cc(C(C)C)c(Cc2cnc(NCC(F)(F)F)nc2N)cc1Cl.Cc1cc(C(C)C)c(Cc2cnc(S(C)(=O)=O)nc2N)cc1Cl.N.NCC(F)(F)F. The third-order valence-electron chi connectivity index (χ3n) is 14.5. The number of nitrogens with two attached hydrogens (primary N) is 4. The lowest BCUT2D eigenvalue weighted by Gasteiger charge is -2.16. The second kappa shape index (κ2) is 39.3. The van der Waals surface area contributed by atoms with Gasteiger partial charge in [-0.2, -0.15) is 31.3 Å². The van der Waals surface area contributed by atoms with Crippen LogP contribution in [0.3, 0.4) is 0 Å². The number of nitrogens with one attached hydrogen (secondary N) is 1. The number of nitrogens with zero attached hydrogens (tertiary/aromatic N) is 8. The third-order valence-corrected chi connectivity index (χ3v) is 18.4. The van der Waals surface area contributed by atoms with Crippen LogP contribution in [0.4, 0.5) is 49.7 Å². The van der Waals surface area contributed by atoms with Gasteiger partial charge >= 0.3 is 12.4 Å². The van der Waals surface area contributed by atoms with Gasteiger partial charge in [0.2, 0.25) is 20.9 Å². The number of anilines is 4. The Morgan fingerprint density at radius 1 is 0.469 bits per heavy atom. The summed E-state index contributed by atoms with van der Waals surface area (Å²) in [5, 5.41) is 6.67. The summed E-state index contributed by atoms with van der Waals surface area (Å²) in [6, 6.07) is 16.3. The molecule has 0 aliphatic carbocycles. The minimum Gasteiger partial charge on any atom is -0.383 e. The number of thioether (sulfide) groups is 2. The topological polar surface area (TPSA) is 288 Å². The fourth-order valence-electron chi connectivity index (χ4n) is 9.33. The molecule has 30 heteroatoms. The minimum atomic E-state index is -4.35. The second-order valence-corrected chi connectivity index (χ2v) is 29.1. The molecule has 0 unspecified atom stereocenters. The van der Waals surface area contributed by atoms with E-state index in [0.717, 1.165) is 66.4 Å². The van der Waals surface area contributed by atoms with Crippen LogP contribution >= 0.6 is 81.5 Å². The van der Waals surface area contributed by atoms with Crippen molar-refractivity contribution >= 4 is 115 Å². The van der Waals surface area contributed by atoms with E-state index in [4.69, 9.17) is 75.2 Å². The van der Waals surface area contributed by atoms with Crippen LogP contribution in [0.5, 0.6) is 0 Å². The summed E-state index contributed by atoms with van der Waals surface area (Å²) in [4.78, 5) is 32.8. The van der Waals surface area contributed by atoms with E-state index in [-0.39, 0.29) is 36.3 Å². The van der Waals surface area contributed by atoms with Gasteiger partial charge in [0.1, 0.15) is 29.2 Å². The molecule has 0 atom stereocenters. The highest BCUT2D eigenvalue weighted by Crippen LogP contribution is 2.34. The van der Waals surface area contributed by atoms with Gasteiger partial charge in [0.05, 0.1) is 6.54 Å². The van der Waals surface area contributed by atoms with E-state index in [1.54, 1.807) is 6.20 Å². The Balaban J connectivity index is 0.000000430. The lowest BCUT2D eigenvalue weighted by Crippen LogP contribution is -2.22. The molecular formula is C68H89Cl5F6N14O2S3. The highest BCUT2D eigenvalue weighted by Gasteiger charge is 2.28. The minimum absolute atomic E-state index is 0. The molecule has 4 aromatic heterocycles. The molecule has 0 spiro atoms. The number of halogens is 11. The Morgan fingerprint density at radius 3 is 1.04 bits per heavy atom. The van der Waals surface area contributed by atoms with Crippen LogP contribution in [0.2, 0.25) is 25.2 Å². The number of rotatable bonds is 17. The first kappa shape index (κ1) is 88.1. The normalized spacial score (nSPS) is 11.3. The summed E-state index contributed by atoms with van der Waals surface area (Å²) in [7, 11) is -3.47. The molecule has 0 fully saturated rings. The molecule has 0 amide bonds. The smallest absolute Gasteiger partial charge is 0.383 e. The Bertz CT molecular complexity index is 3960. The molecule has 538 valence electrons. The number of hydrogen-bond donors (Lipinski definition) is 6. The van der Waals surface area contributed by atoms with Crippen LogP contribution in [0.1, 0.15) is 176 Å². The van der Waals surface area contributed by atoms with Crippen molar-refractivity contribution in [3.63, 3.8) is 0 Å². The average Bonchev–Trinajstić information content (AvgIpc) is 0.830. The number of alkyl halides is 6. The van der Waals surface area contributed by atoms with E-state index in [1.165, 1.54) is 63.7 Å². The van der Waals surface area contributed by atoms with Crippen molar-refractivity contribution in [1.29, 1.82) is 0 Å². The van der Waals surface area contributed by atoms with Gasteiger partial charge < -0.3 is 34.4 Å². The zero-order chi connectivity index (χ0) is 72.5. The number of hydrogen-bond acceptors (Lipinski definition) is 18. The number of aromatic nitrogens is 8. The van der Waals surface area contributed by atoms with Gasteiger partial charge in [-0.3, -0.25) is 0 Å². The maximum atomic E-state index is 12.2. The molecule has 0 aliphatic heterocycles. The zero-order valence-corrected chi connectivity index (χ0v) is 63.0. The van der Waals surface area contributed by atoms with Gasteiger partial charge in [0.15, 0.2) is 10.3 Å². The van der Waals surface area contributed by atoms with Crippen molar-refractivity contribution < 1.29 is 34.8 Å². The van der Waals surface area contributed by atoms with Crippen LogP contribution in [-0.2, 0) is 35.5 Å². The fourth-order valence-corrected chi connectivity index (χ4v) is 11.5. The Morgan fingerprint density at radius 2 is 0.765 bits per heavy atom. The van der Waals surface area contributed by atoms with Crippen LogP contribution in [0.25, 0.3) is 0 Å². The maximum Gasteiger partial charge on any atom is 0.405 e. The average molecular weight is 1520 g/mol. The molecule has 0 saturated carbocycles. The van der Waals surface area contributed by atoms with E-state index in [1.807, 2.05) is 76.7 Å². The van der Waals surface area contributed by atoms with Gasteiger partial charge in [-0.05, 0) is 155 Å². The van der Waals surface area contributed by atoms with Crippen LogP contribution < -0.4 is 34.4 Å². The van der Waals surface area contributed by atoms with Crippen molar-refractivity contribution in [1.82, 2.24) is 46.0 Å². The quantitative estimate of drug-likeness (QED) is 0.0214. The van der Waals surface area contributed by atoms with E-state index in [2.05, 4.69) is 125 Å². The van der Waals surface area contributed by atoms with Gasteiger partial charge in [-0.1, -0.05) is 169 Å². The van der Waals surface area contributed by atoms with Crippen molar-refractivity contribution in [3.05, 3.63) is 188 Å². The highest BCUT2D eigenvalue weighted by atomic mass is 35.5. The zero-order valence-electron chi connectivity index (χ0n) is 56.8. The molecule has 0 aliphatic rings. The van der Waals surface area contributed by atoms with Crippen molar-refractivity contribution in [2.45, 2.75) is 168 Å². The maximum absolute atomic E-state index is 12.2. The molecule has 8 aromatic rings. The predicted octanol–water partition coefficient (Wildman–Crippen LogP) is 19.1. The largest absolute Gasteiger partial charge is 0.405 e. The molecule has 12 N–H and O–H groups in total. The van der Waals surface area contributed by atoms with Gasteiger partial charge in [0, 0.05) is 99.1 Å². The Labute approximate surface area is 606 Å². The molecule has 0 bridgehead atoms. The summed E-state index contributed by atoms with van der Waals surface area (Å²) in [6.45, 7) is 22.6. The Hall–Kier alpha value is -6.00. The first-order chi connectivity index (χ1) is 44.6. The van der Waals surface area contributed by atoms with Crippen LogP contribution in [0, 0.1) is 27.7 Å². The predicted molar refractivity (Wildman–Crippen MR) is 397 cm³/mol. The number of aryl methyl sites for hydroxylation is 4. The summed E-state index contributed by atoms with van der Waals surface area (Å²) in [6.07, 6.45) is 5.28. The fraction of sp³-hybridized carbons (Fsp3) is 0.412. The Kier molecular flexibility index (Phi) is 35.3. The number of sulfone groups is 1. The summed E-state index contributed by atoms with van der Waals surface area (Å²) in [5.74, 6) is 2.20. The first-order valence-electron chi connectivity index (χ1n) is 29.9. The van der Waals surface area contributed by atoms with E-state index in [9.17, 15) is 34.8 Å². The molecule has 16 nitrogen and oxygen atoms in total. The number of nitrogen functional groups attached to an aromatic ring is 3. The summed E-state index contributed by atoms with van der Waals surface area (Å²) >= 11 is 34.3. The molecular weight excluding hydrogens is 1430 g/mol. The van der Waals surface area contributed by atoms with E-state index >= 15 is 0 Å². The lowest BCUT2D eigenvalue weighted by atomic mass is 9.92. The molecule has 0 radical (unpaired) electrons. The third kappa shape index (κ3) is 27.5. The van der Waals surface area contributed by atoms with Crippen molar-refractivity contribution in [3.8, 4) is 0 Å². The molecule has 8 rings (SSSR count). The van der Waals surface area contributed by atoms with E-state index in [0.29, 0.717) is 91.8 Å². The number of benzene rings is 4. The standard InChI is InChI=1S/C17H20ClF3N4.C16H18Cl2N2S.C16H20ClN3O2S.C16H20ClN3S.C2H4F3N.CH4.H3N/c1-9(2)13-4-10(3)14(18)6-11(13)5-12-7-23-16(25-15(12)22)24-8-17(19,20)21;1-9(2)13-5-10(3)14(17)7-11(13)6-12-8-19-16(21-4)20-15(12)18;1-9(2)13-5-10(3)14(17)7-11(13)6-12-8-19-16(20-15(12)18)23(4,21)22;1-9(2)13-5-10(3)14(17)7-11(13)6-12-8-19-16(21-4)20-15(12)18;3-2(4,5)1-6;;/h4,6-7,9H,5,8H2,1-3H3,(H3,22,23,24,25);5,7-9H,6H2,1-4H3;5,7-9H,6H2,1-4H3,(H2,18,19,20);5,7-9H,6H2,1-4H3,(H2,18,19,20);1,6H2;1H4;1H3. The molecule has 0 saturated heterocycles. The van der Waals surface area contributed by atoms with Crippen molar-refractivity contribution in [2.24, 2.45) is 5.73 Å². The summed E-state index contributed by atoms with van der Waals surface area (Å²) in [5.41, 5.74) is 38.8. The lowest BCUT2D eigenvalue weighted by molar-refractivity contribution is -0.118. The highest BCUT2D eigenvalue weighted by molar-refractivity contribution is 7.98. The van der Waals surface area contributed by atoms with Gasteiger partial charge in [0.25, 0.3) is 0 Å². The van der Waals surface area contributed by atoms with Crippen LogP contribution in [0.15, 0.2) is 88.8 Å². The van der Waals surface area contributed by atoms with Crippen molar-refractivity contribution in [2.75, 3.05) is 54.4 Å². The van der Waals surface area contributed by atoms with Crippen LogP contribution in [-0.4, -0.2) is 92.5 Å². The molecule has 4 heterocycles. The van der Waals surface area contributed by atoms with Gasteiger partial charge in [-0.15, -0.1) is 0 Å². The molecule has 98 heavy (non-hydrogen) atoms. The van der Waals surface area contributed by atoms with Gasteiger partial charge in [-0.25, -0.2) is 43.3 Å².